The van der Waals surface area contributed by atoms with E-state index in [1.54, 1.807) is 12.1 Å². The minimum atomic E-state index is 0.237. The Balaban J connectivity index is 1.66. The summed E-state index contributed by atoms with van der Waals surface area (Å²) in [5.74, 6) is 1.05. The van der Waals surface area contributed by atoms with Crippen molar-refractivity contribution < 1.29 is 4.79 Å². The highest BCUT2D eigenvalue weighted by Gasteiger charge is 2.21. The third-order valence-corrected chi connectivity index (χ3v) is 4.83. The average molecular weight is 379 g/mol. The molecule has 1 fully saturated rings. The van der Waals surface area contributed by atoms with E-state index in [0.29, 0.717) is 22.2 Å². The largest absolute Gasteiger partial charge is 0.352 e. The lowest BCUT2D eigenvalue weighted by atomic mass is 10.1. The van der Waals surface area contributed by atoms with E-state index >= 15 is 0 Å². The van der Waals surface area contributed by atoms with E-state index in [1.807, 2.05) is 30.0 Å². The Hall–Kier alpha value is -1.85. The molecule has 0 N–H and O–H groups in total. The van der Waals surface area contributed by atoms with Crippen molar-refractivity contribution in [2.75, 3.05) is 31.1 Å². The molecule has 0 unspecified atom stereocenters. The fourth-order valence-electron chi connectivity index (χ4n) is 2.89. The Labute approximate surface area is 157 Å². The number of carbonyl (C=O) groups excluding carboxylic acids is 1. The summed E-state index contributed by atoms with van der Waals surface area (Å²) in [6.07, 6.45) is 1.51. The van der Waals surface area contributed by atoms with Gasteiger partial charge in [-0.25, -0.2) is 0 Å². The van der Waals surface area contributed by atoms with Crippen LogP contribution in [0, 0.1) is 0 Å². The Kier molecular flexibility index (Phi) is 5.76. The molecule has 2 heterocycles. The molecular formula is C18H20Cl2N4O. The van der Waals surface area contributed by atoms with E-state index in [1.165, 1.54) is 0 Å². The van der Waals surface area contributed by atoms with Gasteiger partial charge in [0.05, 0.1) is 10.7 Å². The molecule has 5 nitrogen and oxygen atoms in total. The van der Waals surface area contributed by atoms with Crippen molar-refractivity contribution in [3.05, 3.63) is 40.4 Å². The molecule has 0 saturated carbocycles. The molecule has 7 heteroatoms. The van der Waals surface area contributed by atoms with Crippen molar-refractivity contribution in [1.82, 2.24) is 15.1 Å². The van der Waals surface area contributed by atoms with Crippen LogP contribution in [0.15, 0.2) is 30.3 Å². The molecule has 2 aromatic rings. The zero-order valence-electron chi connectivity index (χ0n) is 14.1. The van der Waals surface area contributed by atoms with Crippen molar-refractivity contribution in [3.63, 3.8) is 0 Å². The molecule has 0 spiro atoms. The van der Waals surface area contributed by atoms with E-state index in [4.69, 9.17) is 23.2 Å². The van der Waals surface area contributed by atoms with Crippen LogP contribution in [0.1, 0.15) is 19.8 Å². The molecule has 1 aliphatic heterocycles. The van der Waals surface area contributed by atoms with E-state index in [0.717, 1.165) is 44.0 Å². The standard InChI is InChI=1S/C18H20Cl2N4O/c1-2-3-18(25)24-10-8-23(9-11-24)17-7-6-16(21-22-17)14-5-4-13(19)12-15(14)20/h4-7,12H,2-3,8-11H2,1H3. The molecule has 3 rings (SSSR count). The lowest BCUT2D eigenvalue weighted by Crippen LogP contribution is -2.49. The molecule has 1 aromatic carbocycles. The lowest BCUT2D eigenvalue weighted by Gasteiger charge is -2.35. The maximum atomic E-state index is 12.0. The Bertz CT molecular complexity index is 743. The second-order valence-corrected chi connectivity index (χ2v) is 6.86. The van der Waals surface area contributed by atoms with Crippen LogP contribution in [0.3, 0.4) is 0 Å². The summed E-state index contributed by atoms with van der Waals surface area (Å²) in [6.45, 7) is 5.02. The van der Waals surface area contributed by atoms with Gasteiger partial charge in [0.15, 0.2) is 5.82 Å². The van der Waals surface area contributed by atoms with Crippen LogP contribution >= 0.6 is 23.2 Å². The van der Waals surface area contributed by atoms with E-state index in [-0.39, 0.29) is 5.91 Å². The number of anilines is 1. The number of hydrogen-bond acceptors (Lipinski definition) is 4. The second kappa shape index (κ2) is 8.02. The van der Waals surface area contributed by atoms with E-state index in [9.17, 15) is 4.79 Å². The minimum absolute atomic E-state index is 0.237. The second-order valence-electron chi connectivity index (χ2n) is 6.02. The molecule has 0 bridgehead atoms. The SMILES string of the molecule is CCCC(=O)N1CCN(c2ccc(-c3ccc(Cl)cc3Cl)nn2)CC1. The molecule has 1 saturated heterocycles. The summed E-state index contributed by atoms with van der Waals surface area (Å²) < 4.78 is 0. The number of hydrogen-bond donors (Lipinski definition) is 0. The minimum Gasteiger partial charge on any atom is -0.352 e. The summed E-state index contributed by atoms with van der Waals surface area (Å²) in [7, 11) is 0. The number of halogens is 2. The predicted octanol–water partition coefficient (Wildman–Crippen LogP) is 3.90. The number of piperazine rings is 1. The Morgan fingerprint density at radius 2 is 1.84 bits per heavy atom. The van der Waals surface area contributed by atoms with Gasteiger partial charge in [-0.05, 0) is 36.8 Å². The fraction of sp³-hybridized carbons (Fsp3) is 0.389. The van der Waals surface area contributed by atoms with Crippen LogP contribution in [0.5, 0.6) is 0 Å². The molecular weight excluding hydrogens is 359 g/mol. The summed E-state index contributed by atoms with van der Waals surface area (Å²) in [5, 5.41) is 9.77. The highest BCUT2D eigenvalue weighted by molar-refractivity contribution is 6.36. The summed E-state index contributed by atoms with van der Waals surface area (Å²) >= 11 is 12.2. The van der Waals surface area contributed by atoms with Crippen molar-refractivity contribution >= 4 is 34.9 Å². The monoisotopic (exact) mass is 378 g/mol. The van der Waals surface area contributed by atoms with Crippen molar-refractivity contribution in [2.45, 2.75) is 19.8 Å². The third kappa shape index (κ3) is 4.22. The predicted molar refractivity (Wildman–Crippen MR) is 101 cm³/mol. The topological polar surface area (TPSA) is 49.3 Å². The summed E-state index contributed by atoms with van der Waals surface area (Å²) in [6, 6.07) is 9.17. The quantitative estimate of drug-likeness (QED) is 0.809. The molecule has 25 heavy (non-hydrogen) atoms. The van der Waals surface area contributed by atoms with Crippen molar-refractivity contribution in [1.29, 1.82) is 0 Å². The highest BCUT2D eigenvalue weighted by atomic mass is 35.5. The molecule has 1 aromatic heterocycles. The van der Waals surface area contributed by atoms with Crippen LogP contribution in [-0.4, -0.2) is 47.2 Å². The molecule has 0 radical (unpaired) electrons. The maximum Gasteiger partial charge on any atom is 0.222 e. The first-order valence-electron chi connectivity index (χ1n) is 8.40. The van der Waals surface area contributed by atoms with Gasteiger partial charge in [0.25, 0.3) is 0 Å². The molecule has 132 valence electrons. The zero-order valence-corrected chi connectivity index (χ0v) is 15.6. The van der Waals surface area contributed by atoms with Crippen molar-refractivity contribution in [3.8, 4) is 11.3 Å². The van der Waals surface area contributed by atoms with Gasteiger partial charge >= 0.3 is 0 Å². The normalized spacial score (nSPS) is 14.7. The van der Waals surface area contributed by atoms with Gasteiger partial charge in [0, 0.05) is 43.2 Å². The number of carbonyl (C=O) groups is 1. The first kappa shape index (κ1) is 18.0. The fourth-order valence-corrected chi connectivity index (χ4v) is 3.40. The first-order valence-corrected chi connectivity index (χ1v) is 9.16. The number of nitrogens with zero attached hydrogens (tertiary/aromatic N) is 4. The van der Waals surface area contributed by atoms with E-state index < -0.39 is 0 Å². The average Bonchev–Trinajstić information content (AvgIpc) is 2.62. The molecule has 1 aliphatic rings. The lowest BCUT2D eigenvalue weighted by molar-refractivity contribution is -0.131. The number of aromatic nitrogens is 2. The number of rotatable bonds is 4. The van der Waals surface area contributed by atoms with Gasteiger partial charge in [-0.1, -0.05) is 30.1 Å². The van der Waals surface area contributed by atoms with Gasteiger partial charge < -0.3 is 9.80 Å². The summed E-state index contributed by atoms with van der Waals surface area (Å²) in [4.78, 5) is 16.0. The van der Waals surface area contributed by atoms with Gasteiger partial charge in [0.2, 0.25) is 5.91 Å². The zero-order chi connectivity index (χ0) is 17.8. The maximum absolute atomic E-state index is 12.0. The van der Waals surface area contributed by atoms with Crippen LogP contribution in [0.2, 0.25) is 10.0 Å². The molecule has 0 atom stereocenters. The first-order chi connectivity index (χ1) is 12.1. The van der Waals surface area contributed by atoms with Crippen LogP contribution < -0.4 is 4.90 Å². The van der Waals surface area contributed by atoms with Gasteiger partial charge in [-0.3, -0.25) is 4.79 Å². The van der Waals surface area contributed by atoms with Crippen molar-refractivity contribution in [2.24, 2.45) is 0 Å². The smallest absolute Gasteiger partial charge is 0.222 e. The number of amides is 1. The van der Waals surface area contributed by atoms with Gasteiger partial charge in [-0.15, -0.1) is 10.2 Å². The Morgan fingerprint density at radius 1 is 1.08 bits per heavy atom. The highest BCUT2D eigenvalue weighted by Crippen LogP contribution is 2.29. The molecule has 0 aliphatic carbocycles. The van der Waals surface area contributed by atoms with Crippen LogP contribution in [-0.2, 0) is 4.79 Å². The van der Waals surface area contributed by atoms with Gasteiger partial charge in [-0.2, -0.15) is 0 Å². The number of benzene rings is 1. The van der Waals surface area contributed by atoms with Gasteiger partial charge in [0.1, 0.15) is 0 Å². The van der Waals surface area contributed by atoms with Crippen LogP contribution in [0.25, 0.3) is 11.3 Å². The third-order valence-electron chi connectivity index (χ3n) is 4.28. The van der Waals surface area contributed by atoms with E-state index in [2.05, 4.69) is 15.1 Å². The van der Waals surface area contributed by atoms with Crippen LogP contribution in [0.4, 0.5) is 5.82 Å². The Morgan fingerprint density at radius 3 is 2.44 bits per heavy atom. The summed E-state index contributed by atoms with van der Waals surface area (Å²) in [5.41, 5.74) is 1.52. The molecule has 1 amide bonds.